The molecule has 1 unspecified atom stereocenters. The summed E-state index contributed by atoms with van der Waals surface area (Å²) < 4.78 is 0. The van der Waals surface area contributed by atoms with Crippen molar-refractivity contribution in [3.05, 3.63) is 0 Å². The first-order chi connectivity index (χ1) is 5.43. The van der Waals surface area contributed by atoms with Gasteiger partial charge in [0.1, 0.15) is 0 Å². The minimum Gasteiger partial charge on any atom is -0.392 e. The molecule has 74 valence electrons. The van der Waals surface area contributed by atoms with Gasteiger partial charge in [-0.3, -0.25) is 4.90 Å². The summed E-state index contributed by atoms with van der Waals surface area (Å²) >= 11 is 0. The Morgan fingerprint density at radius 3 is 1.42 bits per heavy atom. The predicted molar refractivity (Wildman–Crippen MR) is 50.1 cm³/mol. The molecule has 2 atom stereocenters. The normalized spacial score (nSPS) is 17.0. The third kappa shape index (κ3) is 5.52. The minimum absolute atomic E-state index is 0.328. The topological polar surface area (TPSA) is 43.7 Å². The van der Waals surface area contributed by atoms with Crippen LogP contribution >= 0.6 is 0 Å². The van der Waals surface area contributed by atoms with Gasteiger partial charge in [-0.2, -0.15) is 0 Å². The van der Waals surface area contributed by atoms with E-state index in [4.69, 9.17) is 10.2 Å². The van der Waals surface area contributed by atoms with Gasteiger partial charge in [-0.25, -0.2) is 0 Å². The number of hydrogen-bond donors (Lipinski definition) is 2. The van der Waals surface area contributed by atoms with Crippen LogP contribution < -0.4 is 0 Å². The molecule has 0 bridgehead atoms. The highest BCUT2D eigenvalue weighted by atomic mass is 16.3. The molecule has 2 N–H and O–H groups in total. The molecule has 3 nitrogen and oxygen atoms in total. The summed E-state index contributed by atoms with van der Waals surface area (Å²) in [5.74, 6) is 0. The first-order valence-electron chi connectivity index (χ1n) is 4.53. The summed E-state index contributed by atoms with van der Waals surface area (Å²) in [7, 11) is 0. The first kappa shape index (κ1) is 11.9. The lowest BCUT2D eigenvalue weighted by Gasteiger charge is -2.28. The molecular formula is C9H21NO2. The van der Waals surface area contributed by atoms with Crippen molar-refractivity contribution in [2.75, 3.05) is 13.1 Å². The molecule has 0 radical (unpaired) electrons. The van der Waals surface area contributed by atoms with Crippen LogP contribution in [-0.2, 0) is 0 Å². The number of aliphatic hydroxyl groups is 2. The van der Waals surface area contributed by atoms with Crippen LogP contribution in [0.4, 0.5) is 0 Å². The van der Waals surface area contributed by atoms with Crippen molar-refractivity contribution in [3.63, 3.8) is 0 Å². The SMILES string of the molecule is CC(O)CN(C[C@@H](C)O)C(C)C. The second-order valence-corrected chi connectivity index (χ2v) is 3.75. The van der Waals surface area contributed by atoms with Gasteiger partial charge < -0.3 is 10.2 Å². The molecule has 0 heterocycles. The Kier molecular flexibility index (Phi) is 5.46. The summed E-state index contributed by atoms with van der Waals surface area (Å²) in [6.45, 7) is 8.90. The molecular weight excluding hydrogens is 154 g/mol. The lowest BCUT2D eigenvalue weighted by molar-refractivity contribution is 0.0660. The van der Waals surface area contributed by atoms with Gasteiger partial charge >= 0.3 is 0 Å². The van der Waals surface area contributed by atoms with Gasteiger partial charge in [0, 0.05) is 19.1 Å². The number of nitrogens with zero attached hydrogens (tertiary/aromatic N) is 1. The quantitative estimate of drug-likeness (QED) is 0.638. The Bertz CT molecular complexity index is 103. The Hall–Kier alpha value is -0.120. The third-order valence-corrected chi connectivity index (χ3v) is 1.73. The fourth-order valence-electron chi connectivity index (χ4n) is 1.17. The molecule has 3 heteroatoms. The van der Waals surface area contributed by atoms with Crippen molar-refractivity contribution in [2.24, 2.45) is 0 Å². The lowest BCUT2D eigenvalue weighted by Crippen LogP contribution is -2.40. The largest absolute Gasteiger partial charge is 0.392 e. The third-order valence-electron chi connectivity index (χ3n) is 1.73. The maximum Gasteiger partial charge on any atom is 0.0639 e. The predicted octanol–water partition coefficient (Wildman–Crippen LogP) is 0.458. The fraction of sp³-hybridized carbons (Fsp3) is 1.00. The molecule has 0 rings (SSSR count). The van der Waals surface area contributed by atoms with E-state index in [-0.39, 0.29) is 12.2 Å². The second kappa shape index (κ2) is 5.51. The molecule has 0 aliphatic rings. The van der Waals surface area contributed by atoms with E-state index in [9.17, 15) is 0 Å². The minimum atomic E-state index is -0.328. The Labute approximate surface area is 75.0 Å². The summed E-state index contributed by atoms with van der Waals surface area (Å²) in [4.78, 5) is 2.06. The van der Waals surface area contributed by atoms with E-state index in [1.54, 1.807) is 13.8 Å². The van der Waals surface area contributed by atoms with Gasteiger partial charge in [0.25, 0.3) is 0 Å². The number of hydrogen-bond acceptors (Lipinski definition) is 3. The fourth-order valence-corrected chi connectivity index (χ4v) is 1.17. The van der Waals surface area contributed by atoms with Crippen molar-refractivity contribution in [3.8, 4) is 0 Å². The van der Waals surface area contributed by atoms with Gasteiger partial charge in [0.15, 0.2) is 0 Å². The van der Waals surface area contributed by atoms with Crippen molar-refractivity contribution in [1.82, 2.24) is 4.90 Å². The van der Waals surface area contributed by atoms with E-state index >= 15 is 0 Å². The van der Waals surface area contributed by atoms with Crippen LogP contribution in [0.15, 0.2) is 0 Å². The Morgan fingerprint density at radius 1 is 0.917 bits per heavy atom. The number of rotatable bonds is 5. The molecule has 0 spiro atoms. The Morgan fingerprint density at radius 2 is 1.25 bits per heavy atom. The van der Waals surface area contributed by atoms with Crippen LogP contribution in [-0.4, -0.2) is 46.5 Å². The van der Waals surface area contributed by atoms with Crippen LogP contribution in [0.25, 0.3) is 0 Å². The van der Waals surface area contributed by atoms with E-state index in [0.29, 0.717) is 19.1 Å². The van der Waals surface area contributed by atoms with Gasteiger partial charge in [-0.1, -0.05) is 0 Å². The van der Waals surface area contributed by atoms with Crippen LogP contribution in [0.1, 0.15) is 27.7 Å². The average molecular weight is 175 g/mol. The molecule has 0 aromatic heterocycles. The highest BCUT2D eigenvalue weighted by Gasteiger charge is 2.13. The zero-order chi connectivity index (χ0) is 9.72. The lowest BCUT2D eigenvalue weighted by atomic mass is 10.2. The molecule has 0 saturated carbocycles. The van der Waals surface area contributed by atoms with Crippen LogP contribution in [0.3, 0.4) is 0 Å². The second-order valence-electron chi connectivity index (χ2n) is 3.75. The summed E-state index contributed by atoms with van der Waals surface area (Å²) in [5.41, 5.74) is 0. The zero-order valence-electron chi connectivity index (χ0n) is 8.49. The average Bonchev–Trinajstić information content (AvgIpc) is 1.83. The van der Waals surface area contributed by atoms with Crippen molar-refractivity contribution in [1.29, 1.82) is 0 Å². The van der Waals surface area contributed by atoms with E-state index in [0.717, 1.165) is 0 Å². The summed E-state index contributed by atoms with van der Waals surface area (Å²) in [5, 5.41) is 18.3. The molecule has 0 fully saturated rings. The summed E-state index contributed by atoms with van der Waals surface area (Å²) in [6, 6.07) is 0.370. The van der Waals surface area contributed by atoms with Crippen LogP contribution in [0.5, 0.6) is 0 Å². The van der Waals surface area contributed by atoms with Gasteiger partial charge in [-0.05, 0) is 27.7 Å². The highest BCUT2D eigenvalue weighted by molar-refractivity contribution is 4.67. The highest BCUT2D eigenvalue weighted by Crippen LogP contribution is 2.01. The standard InChI is InChI=1S/C9H21NO2/c1-7(2)10(5-8(3)11)6-9(4)12/h7-9,11-12H,5-6H2,1-4H3/t8-,9?/m1/s1. The molecule has 0 aromatic carbocycles. The van der Waals surface area contributed by atoms with Crippen molar-refractivity contribution < 1.29 is 10.2 Å². The summed E-state index contributed by atoms with van der Waals surface area (Å²) in [6.07, 6.45) is -0.655. The van der Waals surface area contributed by atoms with Gasteiger partial charge in [0.2, 0.25) is 0 Å². The first-order valence-corrected chi connectivity index (χ1v) is 4.53. The molecule has 0 aliphatic heterocycles. The van der Waals surface area contributed by atoms with E-state index in [1.807, 2.05) is 0 Å². The molecule has 0 saturated heterocycles. The molecule has 0 aromatic rings. The molecule has 0 aliphatic carbocycles. The maximum absolute atomic E-state index is 9.16. The monoisotopic (exact) mass is 175 g/mol. The number of aliphatic hydroxyl groups excluding tert-OH is 2. The van der Waals surface area contributed by atoms with E-state index in [1.165, 1.54) is 0 Å². The Balaban J connectivity index is 3.87. The van der Waals surface area contributed by atoms with Crippen LogP contribution in [0.2, 0.25) is 0 Å². The smallest absolute Gasteiger partial charge is 0.0639 e. The maximum atomic E-state index is 9.16. The zero-order valence-corrected chi connectivity index (χ0v) is 8.49. The van der Waals surface area contributed by atoms with E-state index < -0.39 is 0 Å². The molecule has 0 amide bonds. The van der Waals surface area contributed by atoms with Gasteiger partial charge in [0.05, 0.1) is 12.2 Å². The van der Waals surface area contributed by atoms with Crippen LogP contribution in [0, 0.1) is 0 Å². The van der Waals surface area contributed by atoms with Crippen molar-refractivity contribution >= 4 is 0 Å². The molecule has 12 heavy (non-hydrogen) atoms. The van der Waals surface area contributed by atoms with Gasteiger partial charge in [-0.15, -0.1) is 0 Å². The van der Waals surface area contributed by atoms with Crippen molar-refractivity contribution in [2.45, 2.75) is 45.9 Å². The van der Waals surface area contributed by atoms with E-state index in [2.05, 4.69) is 18.7 Å².